The van der Waals surface area contributed by atoms with Crippen LogP contribution in [-0.2, 0) is 0 Å². The molecule has 0 saturated heterocycles. The highest BCUT2D eigenvalue weighted by molar-refractivity contribution is 8.01. The van der Waals surface area contributed by atoms with E-state index in [2.05, 4.69) is 11.9 Å². The van der Waals surface area contributed by atoms with Gasteiger partial charge in [-0.2, -0.15) is 0 Å². The van der Waals surface area contributed by atoms with Gasteiger partial charge in [-0.05, 0) is 24.5 Å². The average Bonchev–Trinajstić information content (AvgIpc) is 2.16. The Morgan fingerprint density at radius 3 is 2.62 bits per heavy atom. The number of hydrogen-bond acceptors (Lipinski definition) is 2. The molecule has 0 heterocycles. The number of hydrogen-bond donors (Lipinski definition) is 0. The fourth-order valence-corrected chi connectivity index (χ4v) is 1.26. The van der Waals surface area contributed by atoms with Crippen LogP contribution in [0.3, 0.4) is 0 Å². The van der Waals surface area contributed by atoms with Crippen molar-refractivity contribution in [2.75, 3.05) is 6.26 Å². The molecule has 0 aromatic carbocycles. The van der Waals surface area contributed by atoms with E-state index in [4.69, 9.17) is 0 Å². The summed E-state index contributed by atoms with van der Waals surface area (Å²) in [5.41, 5.74) is 0. The Kier molecular flexibility index (Phi) is 11.5. The quantitative estimate of drug-likeness (QED) is 0.420. The fourth-order valence-electron chi connectivity index (χ4n) is 1.07. The van der Waals surface area contributed by atoms with Gasteiger partial charge in [0.25, 0.3) is 0 Å². The molecule has 1 nitrogen and oxygen atoms in total. The van der Waals surface area contributed by atoms with Gasteiger partial charge in [0, 0.05) is 12.4 Å². The van der Waals surface area contributed by atoms with Crippen molar-refractivity contribution in [1.82, 2.24) is 0 Å². The summed E-state index contributed by atoms with van der Waals surface area (Å²) in [6.07, 6.45) is 13.8. The highest BCUT2D eigenvalue weighted by atomic mass is 32.2. The van der Waals surface area contributed by atoms with Gasteiger partial charge in [-0.25, -0.2) is 0 Å². The topological polar surface area (TPSA) is 12.4 Å². The maximum Gasteiger partial charge on any atom is 0.0326 e. The second-order valence-electron chi connectivity index (χ2n) is 3.06. The average molecular weight is 199 g/mol. The van der Waals surface area contributed by atoms with Crippen LogP contribution in [0.5, 0.6) is 0 Å². The van der Waals surface area contributed by atoms with Gasteiger partial charge in [-0.3, -0.25) is 4.99 Å². The molecule has 0 rings (SSSR count). The maximum atomic E-state index is 4.15. The van der Waals surface area contributed by atoms with Crippen LogP contribution in [0, 0.1) is 0 Å². The summed E-state index contributed by atoms with van der Waals surface area (Å²) in [6.45, 7) is 2.24. The van der Waals surface area contributed by atoms with E-state index in [1.54, 1.807) is 11.8 Å². The second-order valence-corrected chi connectivity index (χ2v) is 3.80. The van der Waals surface area contributed by atoms with Crippen LogP contribution < -0.4 is 0 Å². The van der Waals surface area contributed by atoms with Crippen molar-refractivity contribution >= 4 is 18.0 Å². The van der Waals surface area contributed by atoms with Crippen LogP contribution in [0.4, 0.5) is 0 Å². The van der Waals surface area contributed by atoms with Gasteiger partial charge in [0.2, 0.25) is 0 Å². The van der Waals surface area contributed by atoms with Crippen molar-refractivity contribution in [3.8, 4) is 0 Å². The first-order valence-corrected chi connectivity index (χ1v) is 6.40. The number of unbranched alkanes of at least 4 members (excludes halogenated alkanes) is 5. The normalized spacial score (nSPS) is 11.8. The minimum Gasteiger partial charge on any atom is -0.269 e. The number of rotatable bonds is 8. The SMILES string of the molecule is CCCCCCCC=N/C=C\SC. The summed E-state index contributed by atoms with van der Waals surface area (Å²) in [7, 11) is 0. The molecule has 0 aliphatic rings. The van der Waals surface area contributed by atoms with Crippen LogP contribution >= 0.6 is 11.8 Å². The van der Waals surface area contributed by atoms with Crippen LogP contribution in [-0.4, -0.2) is 12.5 Å². The van der Waals surface area contributed by atoms with Crippen molar-refractivity contribution in [2.24, 2.45) is 4.99 Å². The zero-order chi connectivity index (χ0) is 9.78. The Labute approximate surface area is 86.7 Å². The molecule has 0 bridgehead atoms. The smallest absolute Gasteiger partial charge is 0.0326 e. The van der Waals surface area contributed by atoms with Gasteiger partial charge in [0.15, 0.2) is 0 Å². The largest absolute Gasteiger partial charge is 0.269 e. The van der Waals surface area contributed by atoms with Crippen molar-refractivity contribution in [3.63, 3.8) is 0 Å². The lowest BCUT2D eigenvalue weighted by atomic mass is 10.1. The standard InChI is InChI=1S/C11H21NS/c1-3-4-5-6-7-8-9-12-10-11-13-2/h9-11H,3-8H2,1-2H3/b11-10-,12-9?. The molecule has 0 unspecified atom stereocenters. The Balaban J connectivity index is 3.06. The van der Waals surface area contributed by atoms with Crippen LogP contribution in [0.1, 0.15) is 45.4 Å². The lowest BCUT2D eigenvalue weighted by Gasteiger charge is -1.94. The van der Waals surface area contributed by atoms with Crippen molar-refractivity contribution in [2.45, 2.75) is 45.4 Å². The molecule has 0 saturated carbocycles. The van der Waals surface area contributed by atoms with Crippen molar-refractivity contribution in [1.29, 1.82) is 0 Å². The van der Waals surface area contributed by atoms with E-state index in [1.165, 1.54) is 32.1 Å². The summed E-state index contributed by atoms with van der Waals surface area (Å²) >= 11 is 1.68. The second kappa shape index (κ2) is 11.8. The minimum absolute atomic E-state index is 1.13. The van der Waals surface area contributed by atoms with Crippen molar-refractivity contribution < 1.29 is 0 Å². The molecule has 0 atom stereocenters. The molecule has 13 heavy (non-hydrogen) atoms. The van der Waals surface area contributed by atoms with Gasteiger partial charge in [0.05, 0.1) is 0 Å². The molecule has 76 valence electrons. The zero-order valence-electron chi connectivity index (χ0n) is 8.83. The van der Waals surface area contributed by atoms with Gasteiger partial charge >= 0.3 is 0 Å². The van der Waals surface area contributed by atoms with E-state index in [1.807, 2.05) is 24.1 Å². The molecular formula is C11H21NS. The lowest BCUT2D eigenvalue weighted by Crippen LogP contribution is -1.78. The number of aliphatic imine (C=N–C) groups is 1. The first-order valence-electron chi connectivity index (χ1n) is 5.11. The minimum atomic E-state index is 1.13. The van der Waals surface area contributed by atoms with Crippen molar-refractivity contribution in [3.05, 3.63) is 11.6 Å². The highest BCUT2D eigenvalue weighted by Gasteiger charge is 1.85. The molecule has 0 radical (unpaired) electrons. The third-order valence-corrected chi connectivity index (χ3v) is 2.22. The monoisotopic (exact) mass is 199 g/mol. The molecule has 0 aliphatic heterocycles. The Morgan fingerprint density at radius 1 is 1.15 bits per heavy atom. The number of nitrogens with zero attached hydrogens (tertiary/aromatic N) is 1. The van der Waals surface area contributed by atoms with Gasteiger partial charge in [-0.15, -0.1) is 11.8 Å². The molecule has 0 N–H and O–H groups in total. The molecule has 0 aromatic rings. The van der Waals surface area contributed by atoms with Gasteiger partial charge < -0.3 is 0 Å². The van der Waals surface area contributed by atoms with Gasteiger partial charge in [0.1, 0.15) is 0 Å². The number of thioether (sulfide) groups is 1. The molecule has 2 heteroatoms. The summed E-state index contributed by atoms with van der Waals surface area (Å²) in [5, 5.41) is 1.99. The van der Waals surface area contributed by atoms with Crippen LogP contribution in [0.15, 0.2) is 16.6 Å². The molecule has 0 aromatic heterocycles. The molecule has 0 spiro atoms. The van der Waals surface area contributed by atoms with E-state index < -0.39 is 0 Å². The summed E-state index contributed by atoms with van der Waals surface area (Å²) in [4.78, 5) is 4.15. The molecule has 0 amide bonds. The Bertz CT molecular complexity index is 141. The molecular weight excluding hydrogens is 178 g/mol. The Hall–Kier alpha value is -0.240. The third kappa shape index (κ3) is 11.8. The van der Waals surface area contributed by atoms with Gasteiger partial charge in [-0.1, -0.05) is 32.6 Å². The zero-order valence-corrected chi connectivity index (χ0v) is 9.65. The maximum absolute atomic E-state index is 4.15. The van der Waals surface area contributed by atoms with E-state index in [-0.39, 0.29) is 0 Å². The summed E-state index contributed by atoms with van der Waals surface area (Å²) < 4.78 is 0. The fraction of sp³-hybridized carbons (Fsp3) is 0.727. The predicted octanol–water partition coefficient (Wildman–Crippen LogP) is 4.25. The summed E-state index contributed by atoms with van der Waals surface area (Å²) in [6, 6.07) is 0. The van der Waals surface area contributed by atoms with Crippen LogP contribution in [0.25, 0.3) is 0 Å². The van der Waals surface area contributed by atoms with E-state index in [0.29, 0.717) is 0 Å². The molecule has 0 fully saturated rings. The molecule has 0 aliphatic carbocycles. The third-order valence-electron chi connectivity index (χ3n) is 1.83. The van der Waals surface area contributed by atoms with Crippen LogP contribution in [0.2, 0.25) is 0 Å². The van der Waals surface area contributed by atoms with E-state index in [0.717, 1.165) is 6.42 Å². The Morgan fingerprint density at radius 2 is 1.92 bits per heavy atom. The first-order chi connectivity index (χ1) is 6.41. The van der Waals surface area contributed by atoms with E-state index >= 15 is 0 Å². The summed E-state index contributed by atoms with van der Waals surface area (Å²) in [5.74, 6) is 0. The lowest BCUT2D eigenvalue weighted by molar-refractivity contribution is 0.645. The predicted molar refractivity (Wildman–Crippen MR) is 64.5 cm³/mol. The highest BCUT2D eigenvalue weighted by Crippen LogP contribution is 2.03. The van der Waals surface area contributed by atoms with E-state index in [9.17, 15) is 0 Å². The first kappa shape index (κ1) is 12.8.